The zero-order chi connectivity index (χ0) is 12.9. The van der Waals surface area contributed by atoms with E-state index in [0.29, 0.717) is 12.6 Å². The molecule has 2 N–H and O–H groups in total. The molecule has 102 valence electrons. The van der Waals surface area contributed by atoms with Gasteiger partial charge in [0.15, 0.2) is 0 Å². The summed E-state index contributed by atoms with van der Waals surface area (Å²) < 4.78 is 6.33. The molecule has 0 bridgehead atoms. The van der Waals surface area contributed by atoms with Crippen LogP contribution in [0.2, 0.25) is 0 Å². The summed E-state index contributed by atoms with van der Waals surface area (Å²) in [6.45, 7) is 9.77. The lowest BCUT2D eigenvalue weighted by atomic mass is 9.74. The van der Waals surface area contributed by atoms with E-state index in [2.05, 4.69) is 27.7 Å². The zero-order valence-corrected chi connectivity index (χ0v) is 12.2. The Bertz CT molecular complexity index is 203. The Labute approximate surface area is 107 Å². The maximum absolute atomic E-state index is 6.33. The molecular weight excluding hydrogens is 210 g/mol. The maximum Gasteiger partial charge on any atom is 0.0808 e. The number of nitrogens with two attached hydrogens (primary N) is 1. The van der Waals surface area contributed by atoms with Gasteiger partial charge in [0.25, 0.3) is 0 Å². The van der Waals surface area contributed by atoms with Gasteiger partial charge >= 0.3 is 0 Å². The molecule has 1 rings (SSSR count). The highest BCUT2D eigenvalue weighted by Gasteiger charge is 2.37. The van der Waals surface area contributed by atoms with Crippen LogP contribution in [0.1, 0.15) is 66.2 Å². The van der Waals surface area contributed by atoms with Crippen molar-refractivity contribution < 1.29 is 4.74 Å². The van der Waals surface area contributed by atoms with Crippen molar-refractivity contribution in [3.63, 3.8) is 0 Å². The van der Waals surface area contributed by atoms with Crippen LogP contribution in [0.4, 0.5) is 0 Å². The van der Waals surface area contributed by atoms with Gasteiger partial charge in [-0.3, -0.25) is 0 Å². The Morgan fingerprint density at radius 3 is 2.06 bits per heavy atom. The van der Waals surface area contributed by atoms with E-state index in [0.717, 1.165) is 37.5 Å². The molecule has 2 heteroatoms. The lowest BCUT2D eigenvalue weighted by Gasteiger charge is -2.42. The Morgan fingerprint density at radius 2 is 1.71 bits per heavy atom. The molecule has 0 unspecified atom stereocenters. The summed E-state index contributed by atoms with van der Waals surface area (Å²) in [7, 11) is 0. The summed E-state index contributed by atoms with van der Waals surface area (Å²) >= 11 is 0. The molecule has 0 saturated heterocycles. The minimum absolute atomic E-state index is 0.0118. The maximum atomic E-state index is 6.33. The van der Waals surface area contributed by atoms with E-state index in [-0.39, 0.29) is 5.60 Å². The highest BCUT2D eigenvalue weighted by molar-refractivity contribution is 4.89. The van der Waals surface area contributed by atoms with Crippen LogP contribution >= 0.6 is 0 Å². The zero-order valence-electron chi connectivity index (χ0n) is 12.2. The van der Waals surface area contributed by atoms with Crippen LogP contribution in [0, 0.1) is 11.8 Å². The molecule has 0 radical (unpaired) electrons. The standard InChI is InChI=1S/C15H31NO/c1-5-14(6-2)17-15(11-16)9-7-13(8-10-15)12(3)4/h12-14H,5-11,16H2,1-4H3. The van der Waals surface area contributed by atoms with E-state index in [1.165, 1.54) is 12.8 Å². The van der Waals surface area contributed by atoms with Crippen molar-refractivity contribution in [3.05, 3.63) is 0 Å². The van der Waals surface area contributed by atoms with Gasteiger partial charge in [0.2, 0.25) is 0 Å². The highest BCUT2D eigenvalue weighted by atomic mass is 16.5. The van der Waals surface area contributed by atoms with Crippen LogP contribution in [0.25, 0.3) is 0 Å². The van der Waals surface area contributed by atoms with Crippen LogP contribution in [0.5, 0.6) is 0 Å². The van der Waals surface area contributed by atoms with Gasteiger partial charge in [-0.15, -0.1) is 0 Å². The molecule has 1 aliphatic carbocycles. The number of hydrogen-bond acceptors (Lipinski definition) is 2. The Hall–Kier alpha value is -0.0800. The van der Waals surface area contributed by atoms with Crippen molar-refractivity contribution >= 4 is 0 Å². The predicted molar refractivity (Wildman–Crippen MR) is 74.0 cm³/mol. The van der Waals surface area contributed by atoms with Crippen LogP contribution in [-0.2, 0) is 4.74 Å². The van der Waals surface area contributed by atoms with Crippen molar-refractivity contribution in [1.29, 1.82) is 0 Å². The van der Waals surface area contributed by atoms with E-state index < -0.39 is 0 Å². The van der Waals surface area contributed by atoms with Crippen LogP contribution < -0.4 is 5.73 Å². The van der Waals surface area contributed by atoms with Gasteiger partial charge in [-0.1, -0.05) is 27.7 Å². The Morgan fingerprint density at radius 1 is 1.18 bits per heavy atom. The summed E-state index contributed by atoms with van der Waals surface area (Å²) in [5.74, 6) is 1.68. The molecule has 0 aromatic heterocycles. The normalized spacial score (nSPS) is 30.2. The van der Waals surface area contributed by atoms with Gasteiger partial charge in [-0.2, -0.15) is 0 Å². The van der Waals surface area contributed by atoms with E-state index in [9.17, 15) is 0 Å². The van der Waals surface area contributed by atoms with Crippen molar-refractivity contribution in [2.45, 2.75) is 77.9 Å². The molecule has 0 aliphatic heterocycles. The average Bonchev–Trinajstić information content (AvgIpc) is 2.36. The lowest BCUT2D eigenvalue weighted by Crippen LogP contribution is -2.46. The number of ether oxygens (including phenoxy) is 1. The fourth-order valence-electron chi connectivity index (χ4n) is 3.01. The molecule has 1 aliphatic rings. The van der Waals surface area contributed by atoms with Gasteiger partial charge in [-0.05, 0) is 50.4 Å². The summed E-state index contributed by atoms with van der Waals surface area (Å²) in [5.41, 5.74) is 5.98. The molecule has 1 fully saturated rings. The minimum atomic E-state index is -0.0118. The molecule has 2 nitrogen and oxygen atoms in total. The largest absolute Gasteiger partial charge is 0.370 e. The first-order valence-corrected chi connectivity index (χ1v) is 7.44. The molecule has 0 spiro atoms. The first-order chi connectivity index (χ1) is 8.06. The Balaban J connectivity index is 2.54. The molecule has 1 saturated carbocycles. The first-order valence-electron chi connectivity index (χ1n) is 7.44. The quantitative estimate of drug-likeness (QED) is 0.769. The second kappa shape index (κ2) is 6.75. The highest BCUT2D eigenvalue weighted by Crippen LogP contribution is 2.38. The second-order valence-corrected chi connectivity index (χ2v) is 6.02. The van der Waals surface area contributed by atoms with Gasteiger partial charge < -0.3 is 10.5 Å². The van der Waals surface area contributed by atoms with Crippen LogP contribution in [-0.4, -0.2) is 18.2 Å². The van der Waals surface area contributed by atoms with Crippen LogP contribution in [0.3, 0.4) is 0 Å². The Kier molecular flexibility index (Phi) is 5.94. The lowest BCUT2D eigenvalue weighted by molar-refractivity contribution is -0.117. The van der Waals surface area contributed by atoms with E-state index >= 15 is 0 Å². The fraction of sp³-hybridized carbons (Fsp3) is 1.00. The van der Waals surface area contributed by atoms with Gasteiger partial charge in [-0.25, -0.2) is 0 Å². The number of hydrogen-bond donors (Lipinski definition) is 1. The molecule has 0 aromatic carbocycles. The summed E-state index contributed by atoms with van der Waals surface area (Å²) in [4.78, 5) is 0. The van der Waals surface area contributed by atoms with E-state index in [1.54, 1.807) is 0 Å². The SMILES string of the molecule is CCC(CC)OC1(CN)CCC(C(C)C)CC1. The van der Waals surface area contributed by atoms with Crippen molar-refractivity contribution in [3.8, 4) is 0 Å². The first kappa shape index (κ1) is 15.0. The summed E-state index contributed by atoms with van der Waals surface area (Å²) in [5, 5.41) is 0. The topological polar surface area (TPSA) is 35.2 Å². The van der Waals surface area contributed by atoms with E-state index in [4.69, 9.17) is 10.5 Å². The third kappa shape index (κ3) is 3.96. The van der Waals surface area contributed by atoms with Gasteiger partial charge in [0, 0.05) is 6.54 Å². The van der Waals surface area contributed by atoms with Gasteiger partial charge in [0.1, 0.15) is 0 Å². The third-order valence-corrected chi connectivity index (χ3v) is 4.58. The minimum Gasteiger partial charge on any atom is -0.370 e. The van der Waals surface area contributed by atoms with Gasteiger partial charge in [0.05, 0.1) is 11.7 Å². The molecule has 0 amide bonds. The monoisotopic (exact) mass is 241 g/mol. The molecule has 0 heterocycles. The third-order valence-electron chi connectivity index (χ3n) is 4.58. The molecule has 0 atom stereocenters. The average molecular weight is 241 g/mol. The molecular formula is C15H31NO. The fourth-order valence-corrected chi connectivity index (χ4v) is 3.01. The van der Waals surface area contributed by atoms with Crippen molar-refractivity contribution in [2.24, 2.45) is 17.6 Å². The smallest absolute Gasteiger partial charge is 0.0808 e. The second-order valence-electron chi connectivity index (χ2n) is 6.02. The van der Waals surface area contributed by atoms with Crippen molar-refractivity contribution in [2.75, 3.05) is 6.54 Å². The van der Waals surface area contributed by atoms with Crippen molar-refractivity contribution in [1.82, 2.24) is 0 Å². The summed E-state index contributed by atoms with van der Waals surface area (Å²) in [6.07, 6.45) is 7.49. The van der Waals surface area contributed by atoms with Crippen LogP contribution in [0.15, 0.2) is 0 Å². The number of rotatable bonds is 6. The molecule has 0 aromatic rings. The summed E-state index contributed by atoms with van der Waals surface area (Å²) in [6, 6.07) is 0. The molecule has 17 heavy (non-hydrogen) atoms. The predicted octanol–water partition coefficient (Wildman–Crippen LogP) is 3.74. The van der Waals surface area contributed by atoms with E-state index in [1.807, 2.05) is 0 Å².